The minimum atomic E-state index is -4.73. The first-order valence-corrected chi connectivity index (χ1v) is 13.3. The van der Waals surface area contributed by atoms with Gasteiger partial charge in [-0.05, 0) is 49.1 Å². The van der Waals surface area contributed by atoms with Crippen LogP contribution in [0.1, 0.15) is 36.8 Å². The van der Waals surface area contributed by atoms with Gasteiger partial charge in [0.25, 0.3) is 10.0 Å². The number of pyridine rings is 2. The summed E-state index contributed by atoms with van der Waals surface area (Å²) in [6.07, 6.45) is 0.705. The monoisotopic (exact) mass is 542 g/mol. The number of allylic oxidation sites excluding steroid dienone is 1. The Hall–Kier alpha value is -3.99. The molecule has 1 N–H and O–H groups in total. The van der Waals surface area contributed by atoms with Crippen LogP contribution in [0.2, 0.25) is 0 Å². The molecule has 3 heterocycles. The molecule has 0 radical (unpaired) electrons. The van der Waals surface area contributed by atoms with Gasteiger partial charge in [-0.15, -0.1) is 6.58 Å². The summed E-state index contributed by atoms with van der Waals surface area (Å²) in [6, 6.07) is 12.1. The molecule has 1 fully saturated rings. The molecule has 1 atom stereocenters. The lowest BCUT2D eigenvalue weighted by Crippen LogP contribution is -2.34. The summed E-state index contributed by atoms with van der Waals surface area (Å²) in [4.78, 5) is 22.2. The van der Waals surface area contributed by atoms with Gasteiger partial charge in [0, 0.05) is 18.0 Å². The maximum absolute atomic E-state index is 13.8. The van der Waals surface area contributed by atoms with Crippen LogP contribution in [-0.4, -0.2) is 30.3 Å². The molecule has 38 heavy (non-hydrogen) atoms. The smallest absolute Gasteiger partial charge is 0.294 e. The summed E-state index contributed by atoms with van der Waals surface area (Å²) in [5.74, 6) is -0.297. The van der Waals surface area contributed by atoms with Crippen LogP contribution in [0, 0.1) is 0 Å². The molecule has 198 valence electrons. The van der Waals surface area contributed by atoms with E-state index in [2.05, 4.69) is 27.8 Å². The van der Waals surface area contributed by atoms with Gasteiger partial charge in [-0.3, -0.25) is 14.4 Å². The zero-order chi connectivity index (χ0) is 27.5. The second-order valence-electron chi connectivity index (χ2n) is 8.64. The quantitative estimate of drug-likeness (QED) is 0.332. The van der Waals surface area contributed by atoms with Crippen molar-refractivity contribution in [3.8, 4) is 11.3 Å². The molecule has 1 saturated heterocycles. The fraction of sp³-hybridized carbons (Fsp3) is 0.222. The van der Waals surface area contributed by atoms with Gasteiger partial charge in [-0.1, -0.05) is 49.1 Å². The minimum absolute atomic E-state index is 0.136. The van der Waals surface area contributed by atoms with Crippen molar-refractivity contribution in [3.05, 3.63) is 85.0 Å². The number of carbonyl (C=O) groups excluding carboxylic acids is 1. The zero-order valence-corrected chi connectivity index (χ0v) is 21.1. The molecule has 0 spiro atoms. The molecule has 1 amide bonds. The fourth-order valence-corrected chi connectivity index (χ4v) is 5.33. The van der Waals surface area contributed by atoms with Gasteiger partial charge >= 0.3 is 6.18 Å². The highest BCUT2D eigenvalue weighted by molar-refractivity contribution is 7.92. The number of sulfonamides is 1. The number of nitrogens with zero attached hydrogens (tertiary/aromatic N) is 3. The summed E-state index contributed by atoms with van der Waals surface area (Å²) in [6.45, 7) is 7.34. The lowest BCUT2D eigenvalue weighted by molar-refractivity contribution is -0.137. The average Bonchev–Trinajstić information content (AvgIpc) is 3.26. The number of hydrogen-bond acceptors (Lipinski definition) is 5. The molecule has 11 heteroatoms. The maximum Gasteiger partial charge on any atom is 0.418 e. The van der Waals surface area contributed by atoms with Crippen LogP contribution in [-0.2, 0) is 21.0 Å². The van der Waals surface area contributed by atoms with Crippen LogP contribution in [0.15, 0.2) is 78.9 Å². The first kappa shape index (κ1) is 27.1. The first-order valence-electron chi connectivity index (χ1n) is 11.8. The van der Waals surface area contributed by atoms with Crippen molar-refractivity contribution < 1.29 is 26.4 Å². The van der Waals surface area contributed by atoms with E-state index in [4.69, 9.17) is 0 Å². The summed E-state index contributed by atoms with van der Waals surface area (Å²) < 4.78 is 70.0. The summed E-state index contributed by atoms with van der Waals surface area (Å²) in [5.41, 5.74) is -0.911. The molecule has 0 bridgehead atoms. The number of rotatable bonds is 9. The Bertz CT molecular complexity index is 1490. The van der Waals surface area contributed by atoms with Crippen molar-refractivity contribution in [2.45, 2.75) is 42.9 Å². The number of anilines is 2. The Balaban J connectivity index is 1.70. The Kier molecular flexibility index (Phi) is 7.68. The fourth-order valence-electron chi connectivity index (χ4n) is 4.36. The highest BCUT2D eigenvalue weighted by Gasteiger charge is 2.36. The van der Waals surface area contributed by atoms with Crippen molar-refractivity contribution >= 4 is 33.6 Å². The van der Waals surface area contributed by atoms with Crippen LogP contribution in [0.25, 0.3) is 17.3 Å². The highest BCUT2D eigenvalue weighted by atomic mass is 32.2. The van der Waals surface area contributed by atoms with E-state index in [1.54, 1.807) is 30.3 Å². The molecule has 0 unspecified atom stereocenters. The van der Waals surface area contributed by atoms with Gasteiger partial charge in [0.15, 0.2) is 5.03 Å². The van der Waals surface area contributed by atoms with Crippen LogP contribution >= 0.6 is 0 Å². The third-order valence-electron chi connectivity index (χ3n) is 6.14. The van der Waals surface area contributed by atoms with Crippen LogP contribution in [0.5, 0.6) is 0 Å². The van der Waals surface area contributed by atoms with Gasteiger partial charge in [0.2, 0.25) is 5.91 Å². The van der Waals surface area contributed by atoms with Gasteiger partial charge in [0.1, 0.15) is 11.6 Å². The SMILES string of the molecule is C=CCC[C@@H]1CCC(=O)N1c1cccc(S(=O)(=O)Nc2ccc(C(F)(F)F)c(-c3ccccc3C=C)n2)n1. The second-order valence-corrected chi connectivity index (χ2v) is 10.3. The van der Waals surface area contributed by atoms with Gasteiger partial charge in [-0.25, -0.2) is 9.97 Å². The van der Waals surface area contributed by atoms with Crippen molar-refractivity contribution in [2.75, 3.05) is 9.62 Å². The number of hydrogen-bond donors (Lipinski definition) is 1. The lowest BCUT2D eigenvalue weighted by Gasteiger charge is -2.24. The molecule has 0 saturated carbocycles. The normalized spacial score (nSPS) is 15.9. The molecule has 3 aromatic rings. The van der Waals surface area contributed by atoms with E-state index in [-0.39, 0.29) is 29.1 Å². The molecule has 0 aliphatic carbocycles. The molecule has 1 aliphatic heterocycles. The lowest BCUT2D eigenvalue weighted by atomic mass is 10.00. The molecular weight excluding hydrogens is 517 g/mol. The molecule has 1 aliphatic rings. The van der Waals surface area contributed by atoms with Crippen LogP contribution < -0.4 is 9.62 Å². The van der Waals surface area contributed by atoms with Gasteiger partial charge in [-0.2, -0.15) is 21.6 Å². The standard InChI is InChI=1S/C27H25F3N4O3S/c1-3-5-10-19-14-17-25(35)34(19)23-12-8-13-24(32-23)38(36,37)33-22-16-15-21(27(28,29)30)26(31-22)20-11-7-6-9-18(20)4-2/h3-4,6-9,11-13,15-16,19H,1-2,5,10,14,17H2,(H,31,33)/t19-/m1/s1. The Morgan fingerprint density at radius 3 is 2.53 bits per heavy atom. The van der Waals surface area contributed by atoms with Crippen molar-refractivity contribution in [3.63, 3.8) is 0 Å². The number of alkyl halides is 3. The third-order valence-corrected chi connectivity index (χ3v) is 7.39. The Morgan fingerprint density at radius 2 is 1.82 bits per heavy atom. The predicted octanol–water partition coefficient (Wildman–Crippen LogP) is 6.07. The maximum atomic E-state index is 13.8. The van der Waals surface area contributed by atoms with Crippen molar-refractivity contribution in [1.82, 2.24) is 9.97 Å². The number of aromatic nitrogens is 2. The summed E-state index contributed by atoms with van der Waals surface area (Å²) in [5, 5.41) is -0.396. The predicted molar refractivity (Wildman–Crippen MR) is 140 cm³/mol. The Morgan fingerprint density at radius 1 is 1.05 bits per heavy atom. The van der Waals surface area contributed by atoms with Gasteiger partial charge < -0.3 is 0 Å². The van der Waals surface area contributed by atoms with Crippen LogP contribution in [0.4, 0.5) is 24.8 Å². The first-order chi connectivity index (χ1) is 18.0. The van der Waals surface area contributed by atoms with E-state index in [0.29, 0.717) is 31.2 Å². The minimum Gasteiger partial charge on any atom is -0.294 e. The molecule has 1 aromatic carbocycles. The van der Waals surface area contributed by atoms with Gasteiger partial charge in [0.05, 0.1) is 11.3 Å². The third kappa shape index (κ3) is 5.62. The van der Waals surface area contributed by atoms with Crippen molar-refractivity contribution in [2.24, 2.45) is 0 Å². The largest absolute Gasteiger partial charge is 0.418 e. The molecule has 4 rings (SSSR count). The van der Waals surface area contributed by atoms with E-state index in [1.807, 2.05) is 0 Å². The topological polar surface area (TPSA) is 92.3 Å². The zero-order valence-electron chi connectivity index (χ0n) is 20.3. The van der Waals surface area contributed by atoms with E-state index in [9.17, 15) is 26.4 Å². The molecular formula is C27H25F3N4O3S. The van der Waals surface area contributed by atoms with E-state index >= 15 is 0 Å². The Labute approximate surface area is 218 Å². The van der Waals surface area contributed by atoms with E-state index < -0.39 is 32.5 Å². The number of amides is 1. The van der Waals surface area contributed by atoms with E-state index in [0.717, 1.165) is 12.1 Å². The number of nitrogens with one attached hydrogen (secondary N) is 1. The summed E-state index contributed by atoms with van der Waals surface area (Å²) >= 11 is 0. The molecule has 7 nitrogen and oxygen atoms in total. The average molecular weight is 543 g/mol. The number of benzene rings is 1. The summed E-state index contributed by atoms with van der Waals surface area (Å²) in [7, 11) is -4.36. The highest BCUT2D eigenvalue weighted by Crippen LogP contribution is 2.38. The van der Waals surface area contributed by atoms with E-state index in [1.165, 1.54) is 29.2 Å². The molecule has 2 aromatic heterocycles. The number of carbonyl (C=O) groups is 1. The van der Waals surface area contributed by atoms with Crippen LogP contribution in [0.3, 0.4) is 0 Å². The second kappa shape index (κ2) is 10.8. The number of halogens is 3. The van der Waals surface area contributed by atoms with Crippen molar-refractivity contribution in [1.29, 1.82) is 0 Å².